The fourth-order valence-corrected chi connectivity index (χ4v) is 4.00. The van der Waals surface area contributed by atoms with Gasteiger partial charge in [0, 0.05) is 17.8 Å². The fourth-order valence-electron chi connectivity index (χ4n) is 4.00. The number of morpholine rings is 1. The number of carbonyl (C=O) groups is 2. The zero-order chi connectivity index (χ0) is 24.8. The summed E-state index contributed by atoms with van der Waals surface area (Å²) in [5, 5.41) is 21.9. The molecule has 0 bridgehead atoms. The van der Waals surface area contributed by atoms with Gasteiger partial charge >= 0.3 is 0 Å². The van der Waals surface area contributed by atoms with E-state index in [1.54, 1.807) is 48.4 Å². The van der Waals surface area contributed by atoms with Crippen LogP contribution in [-0.2, 0) is 16.1 Å². The van der Waals surface area contributed by atoms with Crippen molar-refractivity contribution in [2.75, 3.05) is 25.6 Å². The third-order valence-electron chi connectivity index (χ3n) is 5.93. The Morgan fingerprint density at radius 1 is 1.11 bits per heavy atom. The molecule has 4 rings (SSSR count). The second-order valence-corrected chi connectivity index (χ2v) is 8.12. The van der Waals surface area contributed by atoms with Crippen LogP contribution in [0.5, 0.6) is 5.75 Å². The average Bonchev–Trinajstić information content (AvgIpc) is 2.90. The number of ether oxygens (including phenoxy) is 2. The normalized spacial score (nSPS) is 17.5. The van der Waals surface area contributed by atoms with Crippen LogP contribution in [0.1, 0.15) is 33.2 Å². The van der Waals surface area contributed by atoms with Crippen molar-refractivity contribution in [3.8, 4) is 11.8 Å². The highest BCUT2D eigenvalue weighted by atomic mass is 16.5. The van der Waals surface area contributed by atoms with Gasteiger partial charge in [0.2, 0.25) is 5.91 Å². The van der Waals surface area contributed by atoms with Crippen molar-refractivity contribution in [1.29, 1.82) is 5.26 Å². The van der Waals surface area contributed by atoms with Crippen molar-refractivity contribution in [2.45, 2.75) is 18.7 Å². The minimum atomic E-state index is -0.558. The summed E-state index contributed by atoms with van der Waals surface area (Å²) < 4.78 is 11.0. The number of aliphatic hydroxyl groups is 1. The molecule has 178 valence electrons. The van der Waals surface area contributed by atoms with Crippen LogP contribution in [0.4, 0.5) is 5.69 Å². The molecular formula is C27H25N3O5. The maximum absolute atomic E-state index is 12.6. The van der Waals surface area contributed by atoms with Crippen LogP contribution >= 0.6 is 0 Å². The molecule has 1 aliphatic rings. The number of nitriles is 1. The van der Waals surface area contributed by atoms with Crippen LogP contribution < -0.4 is 10.1 Å². The summed E-state index contributed by atoms with van der Waals surface area (Å²) in [5.41, 5.74) is 3.21. The summed E-state index contributed by atoms with van der Waals surface area (Å²) in [5.74, 6) is 0.244. The third kappa shape index (κ3) is 5.49. The molecule has 0 spiro atoms. The lowest BCUT2D eigenvalue weighted by Gasteiger charge is -2.40. The lowest BCUT2D eigenvalue weighted by Crippen LogP contribution is -2.52. The summed E-state index contributed by atoms with van der Waals surface area (Å²) in [6.07, 6.45) is -0.515. The van der Waals surface area contributed by atoms with Crippen LogP contribution in [0.3, 0.4) is 0 Å². The lowest BCUT2D eigenvalue weighted by molar-refractivity contribution is -0.162. The molecule has 2 atom stereocenters. The number of hydrogen-bond donors (Lipinski definition) is 2. The van der Waals surface area contributed by atoms with E-state index < -0.39 is 12.1 Å². The number of anilines is 1. The molecule has 3 aromatic carbocycles. The number of aliphatic hydroxyl groups excluding tert-OH is 1. The molecule has 2 amide bonds. The second kappa shape index (κ2) is 10.8. The van der Waals surface area contributed by atoms with Crippen molar-refractivity contribution < 1.29 is 24.2 Å². The first-order valence-electron chi connectivity index (χ1n) is 11.1. The highest BCUT2D eigenvalue weighted by molar-refractivity contribution is 6.04. The number of benzene rings is 3. The summed E-state index contributed by atoms with van der Waals surface area (Å²) >= 11 is 0. The molecule has 2 unspecified atom stereocenters. The lowest BCUT2D eigenvalue weighted by atomic mass is 9.98. The first-order valence-corrected chi connectivity index (χ1v) is 11.1. The van der Waals surface area contributed by atoms with Gasteiger partial charge in [-0.2, -0.15) is 5.26 Å². The molecule has 3 aromatic rings. The van der Waals surface area contributed by atoms with Gasteiger partial charge in [0.1, 0.15) is 18.5 Å². The van der Waals surface area contributed by atoms with Gasteiger partial charge in [-0.25, -0.2) is 0 Å². The molecule has 1 fully saturated rings. The average molecular weight is 472 g/mol. The second-order valence-electron chi connectivity index (χ2n) is 8.12. The number of hydrogen-bond acceptors (Lipinski definition) is 6. The third-order valence-corrected chi connectivity index (χ3v) is 5.93. The summed E-state index contributed by atoms with van der Waals surface area (Å²) in [6.45, 7) is -0.00904. The molecule has 0 radical (unpaired) electrons. The zero-order valence-corrected chi connectivity index (χ0v) is 19.2. The van der Waals surface area contributed by atoms with Crippen LogP contribution in [0.15, 0.2) is 72.8 Å². The maximum atomic E-state index is 12.6. The molecule has 2 N–H and O–H groups in total. The smallest absolute Gasteiger partial charge is 0.255 e. The van der Waals surface area contributed by atoms with Crippen LogP contribution in [0.25, 0.3) is 0 Å². The van der Waals surface area contributed by atoms with Crippen LogP contribution in [0.2, 0.25) is 0 Å². The van der Waals surface area contributed by atoms with Crippen molar-refractivity contribution in [3.63, 3.8) is 0 Å². The monoisotopic (exact) mass is 471 g/mol. The van der Waals surface area contributed by atoms with Gasteiger partial charge in [0.25, 0.3) is 5.91 Å². The largest absolute Gasteiger partial charge is 0.497 e. The number of nitrogens with zero attached hydrogens (tertiary/aromatic N) is 2. The van der Waals surface area contributed by atoms with E-state index in [0.717, 1.165) is 16.9 Å². The summed E-state index contributed by atoms with van der Waals surface area (Å²) in [7, 11) is 1.59. The molecule has 1 heterocycles. The standard InChI is InChI=1S/C27H25N3O5/c1-34-23-12-4-19(5-13-23)15-30-24(16-31)26(35-17-25(30)32)20-8-10-22(11-9-20)29-27(33)21-6-2-18(14-28)3-7-21/h2-13,24,26,31H,15-17H2,1H3,(H,29,33). The van der Waals surface area contributed by atoms with Crippen molar-refractivity contribution in [1.82, 2.24) is 4.90 Å². The first-order chi connectivity index (χ1) is 17.0. The number of nitrogens with one attached hydrogen (secondary N) is 1. The van der Waals surface area contributed by atoms with E-state index in [0.29, 0.717) is 23.4 Å². The Kier molecular flexibility index (Phi) is 7.41. The van der Waals surface area contributed by atoms with Crippen molar-refractivity contribution in [3.05, 3.63) is 95.1 Å². The van der Waals surface area contributed by atoms with Gasteiger partial charge in [0.15, 0.2) is 0 Å². The fraction of sp³-hybridized carbons (Fsp3) is 0.222. The van der Waals surface area contributed by atoms with E-state index in [4.69, 9.17) is 14.7 Å². The molecule has 0 saturated carbocycles. The van der Waals surface area contributed by atoms with Crippen molar-refractivity contribution >= 4 is 17.5 Å². The van der Waals surface area contributed by atoms with Gasteiger partial charge in [-0.3, -0.25) is 9.59 Å². The van der Waals surface area contributed by atoms with E-state index in [1.807, 2.05) is 42.5 Å². The van der Waals surface area contributed by atoms with E-state index in [-0.39, 0.29) is 25.0 Å². The Morgan fingerprint density at radius 2 is 1.80 bits per heavy atom. The van der Waals surface area contributed by atoms with E-state index in [1.165, 1.54) is 0 Å². The van der Waals surface area contributed by atoms with E-state index >= 15 is 0 Å². The minimum Gasteiger partial charge on any atom is -0.497 e. The minimum absolute atomic E-state index is 0.0888. The number of carbonyl (C=O) groups excluding carboxylic acids is 2. The Labute approximate surface area is 203 Å². The first kappa shape index (κ1) is 24.0. The Bertz CT molecular complexity index is 1220. The Balaban J connectivity index is 1.46. The molecule has 35 heavy (non-hydrogen) atoms. The number of rotatable bonds is 7. The van der Waals surface area contributed by atoms with Gasteiger partial charge in [-0.05, 0) is 59.7 Å². The molecule has 0 aliphatic carbocycles. The van der Waals surface area contributed by atoms with E-state index in [2.05, 4.69) is 5.32 Å². The van der Waals surface area contributed by atoms with Crippen LogP contribution in [-0.4, -0.2) is 48.2 Å². The zero-order valence-electron chi connectivity index (χ0n) is 19.2. The van der Waals surface area contributed by atoms with Gasteiger partial charge in [-0.1, -0.05) is 24.3 Å². The van der Waals surface area contributed by atoms with Crippen molar-refractivity contribution in [2.24, 2.45) is 0 Å². The highest BCUT2D eigenvalue weighted by Gasteiger charge is 2.37. The SMILES string of the molecule is COc1ccc(CN2C(=O)COC(c3ccc(NC(=O)c4ccc(C#N)cc4)cc3)C2CO)cc1. The molecule has 8 nitrogen and oxygen atoms in total. The number of methoxy groups -OCH3 is 1. The number of amides is 2. The molecule has 8 heteroatoms. The summed E-state index contributed by atoms with van der Waals surface area (Å²) in [6, 6.07) is 22.4. The maximum Gasteiger partial charge on any atom is 0.255 e. The topological polar surface area (TPSA) is 112 Å². The molecule has 1 aliphatic heterocycles. The Morgan fingerprint density at radius 3 is 2.40 bits per heavy atom. The van der Waals surface area contributed by atoms with Gasteiger partial charge < -0.3 is 24.8 Å². The van der Waals surface area contributed by atoms with Gasteiger partial charge in [0.05, 0.1) is 31.4 Å². The molecule has 1 saturated heterocycles. The molecule has 0 aromatic heterocycles. The Hall–Kier alpha value is -4.19. The van der Waals surface area contributed by atoms with E-state index in [9.17, 15) is 14.7 Å². The predicted octanol–water partition coefficient (Wildman–Crippen LogP) is 3.28. The molecular weight excluding hydrogens is 446 g/mol. The predicted molar refractivity (Wildman–Crippen MR) is 129 cm³/mol. The van der Waals surface area contributed by atoms with Crippen LogP contribution in [0, 0.1) is 11.3 Å². The highest BCUT2D eigenvalue weighted by Crippen LogP contribution is 2.31. The quantitative estimate of drug-likeness (QED) is 0.547. The summed E-state index contributed by atoms with van der Waals surface area (Å²) in [4.78, 5) is 26.7. The van der Waals surface area contributed by atoms with Gasteiger partial charge in [-0.15, -0.1) is 0 Å².